The summed E-state index contributed by atoms with van der Waals surface area (Å²) in [5.74, 6) is 0.826. The van der Waals surface area contributed by atoms with Crippen LogP contribution in [0.2, 0.25) is 0 Å². The molecule has 1 aliphatic heterocycles. The second-order valence-corrected chi connectivity index (χ2v) is 7.18. The van der Waals surface area contributed by atoms with Crippen molar-refractivity contribution in [3.8, 4) is 5.75 Å². The van der Waals surface area contributed by atoms with Crippen LogP contribution in [0.5, 0.6) is 5.75 Å². The smallest absolute Gasteiger partial charge is 0.123 e. The molecule has 0 fully saturated rings. The number of ether oxygens (including phenoxy) is 1. The zero-order valence-electron chi connectivity index (χ0n) is 16.4. The Hall–Kier alpha value is -2.47. The molecule has 2 atom stereocenters. The first kappa shape index (κ1) is 20.3. The van der Waals surface area contributed by atoms with Gasteiger partial charge in [-0.15, -0.1) is 0 Å². The van der Waals surface area contributed by atoms with E-state index in [-0.39, 0.29) is 12.7 Å². The molecule has 0 amide bonds. The van der Waals surface area contributed by atoms with Gasteiger partial charge in [-0.05, 0) is 61.7 Å². The zero-order chi connectivity index (χ0) is 20.1. The molecular weight excluding hydrogens is 352 g/mol. The van der Waals surface area contributed by atoms with Crippen molar-refractivity contribution >= 4 is 10.9 Å². The van der Waals surface area contributed by atoms with Crippen LogP contribution in [0, 0.1) is 6.92 Å². The monoisotopic (exact) mass is 380 g/mol. The molecule has 0 aliphatic carbocycles. The lowest BCUT2D eigenvalue weighted by Gasteiger charge is -2.28. The number of hydrogen-bond donors (Lipinski definition) is 3. The fraction of sp³-hybridized carbons (Fsp3) is 0.348. The fourth-order valence-electron chi connectivity index (χ4n) is 3.37. The first-order valence-electron chi connectivity index (χ1n) is 9.64. The molecule has 5 heteroatoms. The maximum Gasteiger partial charge on any atom is 0.123 e. The molecule has 28 heavy (non-hydrogen) atoms. The van der Waals surface area contributed by atoms with Crippen LogP contribution in [-0.2, 0) is 19.4 Å². The minimum absolute atomic E-state index is 0.0655. The number of nitrogens with two attached hydrogens (primary N) is 1. The second-order valence-electron chi connectivity index (χ2n) is 7.18. The van der Waals surface area contributed by atoms with Crippen LogP contribution < -0.4 is 10.5 Å². The van der Waals surface area contributed by atoms with E-state index in [0.29, 0.717) is 12.1 Å². The van der Waals surface area contributed by atoms with Gasteiger partial charge in [0.25, 0.3) is 0 Å². The Kier molecular flexibility index (Phi) is 6.62. The second kappa shape index (κ2) is 9.15. The first-order valence-corrected chi connectivity index (χ1v) is 9.64. The number of fused-ring (bicyclic) bond motifs is 2. The van der Waals surface area contributed by atoms with Gasteiger partial charge < -0.3 is 20.7 Å². The molecule has 2 heterocycles. The summed E-state index contributed by atoms with van der Waals surface area (Å²) in [6.07, 6.45) is 0.902. The van der Waals surface area contributed by atoms with Gasteiger partial charge in [-0.25, -0.2) is 0 Å². The van der Waals surface area contributed by atoms with Crippen molar-refractivity contribution in [1.29, 1.82) is 0 Å². The van der Waals surface area contributed by atoms with Crippen LogP contribution in [0.3, 0.4) is 0 Å². The van der Waals surface area contributed by atoms with Gasteiger partial charge in [0.2, 0.25) is 0 Å². The van der Waals surface area contributed by atoms with Crippen LogP contribution in [0.1, 0.15) is 29.3 Å². The number of aromatic nitrogens is 1. The van der Waals surface area contributed by atoms with Crippen molar-refractivity contribution in [1.82, 2.24) is 4.98 Å². The highest BCUT2D eigenvalue weighted by Gasteiger charge is 2.25. The summed E-state index contributed by atoms with van der Waals surface area (Å²) < 4.78 is 5.74. The molecule has 3 aromatic rings. The molecule has 1 aliphatic rings. The summed E-state index contributed by atoms with van der Waals surface area (Å²) in [6.45, 7) is 4.54. The van der Waals surface area contributed by atoms with Gasteiger partial charge in [-0.3, -0.25) is 4.98 Å². The molecule has 2 aromatic carbocycles. The Bertz CT molecular complexity index is 928. The van der Waals surface area contributed by atoms with Crippen LogP contribution in [0.4, 0.5) is 0 Å². The molecule has 0 radical (unpaired) electrons. The van der Waals surface area contributed by atoms with Gasteiger partial charge >= 0.3 is 0 Å². The molecule has 5 nitrogen and oxygen atoms in total. The van der Waals surface area contributed by atoms with E-state index in [1.807, 2.05) is 50.2 Å². The number of pyridine rings is 1. The Morgan fingerprint density at radius 2 is 1.93 bits per heavy atom. The van der Waals surface area contributed by atoms with E-state index >= 15 is 0 Å². The van der Waals surface area contributed by atoms with E-state index in [9.17, 15) is 10.2 Å². The summed E-state index contributed by atoms with van der Waals surface area (Å²) in [4.78, 5) is 4.42. The van der Waals surface area contributed by atoms with E-state index in [2.05, 4.69) is 17.1 Å². The first-order chi connectivity index (χ1) is 13.5. The highest BCUT2D eigenvalue weighted by atomic mass is 16.5. The van der Waals surface area contributed by atoms with Crippen LogP contribution in [0.25, 0.3) is 10.9 Å². The summed E-state index contributed by atoms with van der Waals surface area (Å²) >= 11 is 0. The fourth-order valence-corrected chi connectivity index (χ4v) is 3.37. The number of aryl methyl sites for hydroxylation is 1. The largest absolute Gasteiger partial charge is 0.488 e. The van der Waals surface area contributed by atoms with Crippen molar-refractivity contribution in [3.05, 3.63) is 70.9 Å². The van der Waals surface area contributed by atoms with Crippen LogP contribution in [-0.4, -0.2) is 33.9 Å². The molecule has 2 unspecified atom stereocenters. The van der Waals surface area contributed by atoms with Crippen LogP contribution in [0.15, 0.2) is 48.5 Å². The average molecular weight is 380 g/mol. The molecule has 4 N–H and O–H groups in total. The number of nitrogens with zero attached hydrogens (tertiary/aromatic N) is 1. The van der Waals surface area contributed by atoms with E-state index in [4.69, 9.17) is 10.5 Å². The number of rotatable bonds is 3. The van der Waals surface area contributed by atoms with Gasteiger partial charge in [-0.1, -0.05) is 30.3 Å². The topological polar surface area (TPSA) is 88.6 Å². The Balaban J connectivity index is 0.000000211. The molecule has 0 bridgehead atoms. The lowest BCUT2D eigenvalue weighted by atomic mass is 9.97. The molecule has 1 aromatic heterocycles. The molecule has 0 saturated heterocycles. The van der Waals surface area contributed by atoms with Crippen molar-refractivity contribution < 1.29 is 14.9 Å². The Morgan fingerprint density at radius 3 is 2.61 bits per heavy atom. The third kappa shape index (κ3) is 4.68. The van der Waals surface area contributed by atoms with Crippen LogP contribution >= 0.6 is 0 Å². The summed E-state index contributed by atoms with van der Waals surface area (Å²) in [7, 11) is 0. The van der Waals surface area contributed by atoms with Gasteiger partial charge in [0.15, 0.2) is 0 Å². The molecule has 0 saturated carbocycles. The third-order valence-corrected chi connectivity index (χ3v) is 4.97. The van der Waals surface area contributed by atoms with E-state index in [1.165, 1.54) is 5.56 Å². The Labute approximate surface area is 165 Å². The number of aliphatic hydroxyl groups is 2. The summed E-state index contributed by atoms with van der Waals surface area (Å²) in [5.41, 5.74) is 10.2. The van der Waals surface area contributed by atoms with Gasteiger partial charge in [0, 0.05) is 11.8 Å². The molecule has 148 valence electrons. The standard InChI is InChI=1S/C15H17NO3.C8H11N/c1-8-3-11(7-17)16-13-4-10-5-14(18)9(2)19-15(10)6-12(8)13;9-7-6-8-4-2-1-3-5-8/h3-4,6,9,14,17-18H,5,7H2,1-2H3;1-5H,6-7,9H2. The highest BCUT2D eigenvalue weighted by molar-refractivity contribution is 5.85. The number of hydrogen-bond acceptors (Lipinski definition) is 5. The van der Waals surface area contributed by atoms with E-state index < -0.39 is 6.10 Å². The minimum atomic E-state index is -0.480. The lowest BCUT2D eigenvalue weighted by Crippen LogP contribution is -2.34. The minimum Gasteiger partial charge on any atom is -0.488 e. The van der Waals surface area contributed by atoms with Crippen molar-refractivity contribution in [2.75, 3.05) is 6.54 Å². The molecule has 0 spiro atoms. The van der Waals surface area contributed by atoms with E-state index in [0.717, 1.165) is 40.7 Å². The third-order valence-electron chi connectivity index (χ3n) is 4.97. The van der Waals surface area contributed by atoms with Gasteiger partial charge in [0.1, 0.15) is 11.9 Å². The lowest BCUT2D eigenvalue weighted by molar-refractivity contribution is 0.0330. The van der Waals surface area contributed by atoms with Gasteiger partial charge in [0.05, 0.1) is 23.9 Å². The van der Waals surface area contributed by atoms with Crippen molar-refractivity contribution in [3.63, 3.8) is 0 Å². The van der Waals surface area contributed by atoms with Gasteiger partial charge in [-0.2, -0.15) is 0 Å². The van der Waals surface area contributed by atoms with E-state index in [1.54, 1.807) is 0 Å². The average Bonchev–Trinajstić information content (AvgIpc) is 2.69. The summed E-state index contributed by atoms with van der Waals surface area (Å²) in [6, 6.07) is 16.1. The predicted octanol–water partition coefficient (Wildman–Crippen LogP) is 2.91. The maximum atomic E-state index is 9.87. The van der Waals surface area contributed by atoms with Crippen molar-refractivity contribution in [2.24, 2.45) is 5.73 Å². The van der Waals surface area contributed by atoms with Crippen molar-refractivity contribution in [2.45, 2.75) is 45.5 Å². The predicted molar refractivity (Wildman–Crippen MR) is 111 cm³/mol. The SMILES string of the molecule is Cc1cc(CO)nc2cc3c(cc12)OC(C)C(O)C3.NCCc1ccccc1. The Morgan fingerprint density at radius 1 is 1.18 bits per heavy atom. The zero-order valence-corrected chi connectivity index (χ0v) is 16.4. The maximum absolute atomic E-state index is 9.87. The normalized spacial score (nSPS) is 18.0. The highest BCUT2D eigenvalue weighted by Crippen LogP contribution is 2.33. The molecular formula is C23H28N2O3. The number of aliphatic hydroxyl groups excluding tert-OH is 2. The summed E-state index contributed by atoms with van der Waals surface area (Å²) in [5, 5.41) is 20.1. The quantitative estimate of drug-likeness (QED) is 0.650. The number of benzene rings is 2. The molecule has 4 rings (SSSR count).